The molecule has 6 heteroatoms. The summed E-state index contributed by atoms with van der Waals surface area (Å²) < 4.78 is 16.0. The number of ether oxygens (including phenoxy) is 3. The second-order valence-corrected chi connectivity index (χ2v) is 8.54. The van der Waals surface area contributed by atoms with Gasteiger partial charge >= 0.3 is 0 Å². The van der Waals surface area contributed by atoms with E-state index >= 15 is 0 Å². The van der Waals surface area contributed by atoms with Crippen molar-refractivity contribution in [2.24, 2.45) is 5.92 Å². The highest BCUT2D eigenvalue weighted by Gasteiger charge is 2.21. The number of piperidine rings is 1. The fourth-order valence-electron chi connectivity index (χ4n) is 4.44. The van der Waals surface area contributed by atoms with E-state index in [-0.39, 0.29) is 5.91 Å². The fraction of sp³-hybridized carbons (Fsp3) is 0.500. The molecule has 1 amide bonds. The molecule has 1 saturated heterocycles. The van der Waals surface area contributed by atoms with Crippen LogP contribution in [0.4, 0.5) is 0 Å². The van der Waals surface area contributed by atoms with Crippen LogP contribution in [0.3, 0.4) is 0 Å². The van der Waals surface area contributed by atoms with Gasteiger partial charge in [-0.25, -0.2) is 0 Å². The topological polar surface area (TPSA) is 60.0 Å². The van der Waals surface area contributed by atoms with Crippen LogP contribution in [0, 0.1) is 12.8 Å². The van der Waals surface area contributed by atoms with Crippen LogP contribution in [0.1, 0.15) is 42.4 Å². The third kappa shape index (κ3) is 6.63. The average Bonchev–Trinajstić information content (AvgIpc) is 2.81. The maximum atomic E-state index is 12.5. The van der Waals surface area contributed by atoms with Gasteiger partial charge in [-0.05, 0) is 68.0 Å². The van der Waals surface area contributed by atoms with Gasteiger partial charge in [-0.15, -0.1) is 0 Å². The van der Waals surface area contributed by atoms with Gasteiger partial charge in [0.1, 0.15) is 17.2 Å². The number of nitrogens with one attached hydrogen (secondary N) is 1. The predicted octanol–water partition coefficient (Wildman–Crippen LogP) is 4.33. The molecule has 0 radical (unpaired) electrons. The first-order valence-electron chi connectivity index (χ1n) is 11.4. The lowest BCUT2D eigenvalue weighted by Gasteiger charge is -2.32. The van der Waals surface area contributed by atoms with E-state index in [0.717, 1.165) is 48.9 Å². The van der Waals surface area contributed by atoms with E-state index in [2.05, 4.69) is 29.3 Å². The number of carbonyl (C=O) groups excluding carboxylic acids is 1. The zero-order chi connectivity index (χ0) is 22.9. The lowest BCUT2D eigenvalue weighted by Crippen LogP contribution is -2.35. The van der Waals surface area contributed by atoms with Crippen molar-refractivity contribution < 1.29 is 19.0 Å². The number of benzene rings is 2. The van der Waals surface area contributed by atoms with Gasteiger partial charge in [-0.2, -0.15) is 0 Å². The van der Waals surface area contributed by atoms with E-state index < -0.39 is 0 Å². The Balaban J connectivity index is 1.44. The molecule has 1 atom stereocenters. The van der Waals surface area contributed by atoms with Gasteiger partial charge in [-0.3, -0.25) is 9.69 Å². The largest absolute Gasteiger partial charge is 0.497 e. The molecule has 0 saturated carbocycles. The number of amides is 1. The van der Waals surface area contributed by atoms with Crippen molar-refractivity contribution in [3.8, 4) is 17.2 Å². The molecular weight excluding hydrogens is 404 g/mol. The fourth-order valence-corrected chi connectivity index (χ4v) is 4.44. The molecule has 0 spiro atoms. The van der Waals surface area contributed by atoms with Crippen molar-refractivity contribution >= 4 is 5.91 Å². The Kier molecular flexibility index (Phi) is 8.80. The predicted molar refractivity (Wildman–Crippen MR) is 126 cm³/mol. The maximum absolute atomic E-state index is 12.5. The number of methoxy groups -OCH3 is 3. The first-order valence-corrected chi connectivity index (χ1v) is 11.4. The molecule has 3 rings (SSSR count). The molecule has 174 valence electrons. The molecule has 0 unspecified atom stereocenters. The van der Waals surface area contributed by atoms with Crippen LogP contribution in [-0.2, 0) is 17.9 Å². The molecule has 32 heavy (non-hydrogen) atoms. The summed E-state index contributed by atoms with van der Waals surface area (Å²) in [5, 5.41) is 3.03. The van der Waals surface area contributed by atoms with Crippen LogP contribution >= 0.6 is 0 Å². The normalized spacial score (nSPS) is 16.4. The van der Waals surface area contributed by atoms with Crippen LogP contribution in [0.25, 0.3) is 0 Å². The second-order valence-electron chi connectivity index (χ2n) is 8.54. The molecule has 1 aliphatic rings. The van der Waals surface area contributed by atoms with E-state index in [1.165, 1.54) is 24.0 Å². The number of likely N-dealkylation sites (tertiary alicyclic amines) is 1. The number of rotatable bonds is 10. The summed E-state index contributed by atoms with van der Waals surface area (Å²) in [7, 11) is 4.96. The zero-order valence-electron chi connectivity index (χ0n) is 19.8. The Morgan fingerprint density at radius 1 is 1.06 bits per heavy atom. The third-order valence-corrected chi connectivity index (χ3v) is 6.22. The highest BCUT2D eigenvalue weighted by Crippen LogP contribution is 2.26. The van der Waals surface area contributed by atoms with E-state index in [9.17, 15) is 4.79 Å². The number of hydrogen-bond donors (Lipinski definition) is 1. The Hall–Kier alpha value is -2.73. The SMILES string of the molecule is COc1ccc(CNC(=O)CC[C@@H]2CCCN(Cc3ccc(OC)c(C)c3)C2)c(OC)c1. The smallest absolute Gasteiger partial charge is 0.220 e. The van der Waals surface area contributed by atoms with Gasteiger partial charge < -0.3 is 19.5 Å². The third-order valence-electron chi connectivity index (χ3n) is 6.22. The molecule has 1 aliphatic heterocycles. The molecule has 1 fully saturated rings. The Morgan fingerprint density at radius 3 is 2.59 bits per heavy atom. The number of aryl methyl sites for hydroxylation is 1. The summed E-state index contributed by atoms with van der Waals surface area (Å²) in [4.78, 5) is 15.0. The Bertz CT molecular complexity index is 899. The quantitative estimate of drug-likeness (QED) is 0.596. The van der Waals surface area contributed by atoms with Crippen molar-refractivity contribution in [3.05, 3.63) is 53.1 Å². The minimum Gasteiger partial charge on any atom is -0.497 e. The molecule has 1 heterocycles. The van der Waals surface area contributed by atoms with Gasteiger partial charge in [-0.1, -0.05) is 12.1 Å². The molecule has 1 N–H and O–H groups in total. The lowest BCUT2D eigenvalue weighted by molar-refractivity contribution is -0.121. The van der Waals surface area contributed by atoms with E-state index in [1.54, 1.807) is 21.3 Å². The first-order chi connectivity index (χ1) is 15.5. The van der Waals surface area contributed by atoms with Crippen LogP contribution in [0.5, 0.6) is 17.2 Å². The van der Waals surface area contributed by atoms with E-state index in [4.69, 9.17) is 14.2 Å². The number of carbonyl (C=O) groups is 1. The van der Waals surface area contributed by atoms with Gasteiger partial charge in [0.05, 0.1) is 21.3 Å². The van der Waals surface area contributed by atoms with Gasteiger partial charge in [0.2, 0.25) is 5.91 Å². The summed E-state index contributed by atoms with van der Waals surface area (Å²) in [6.07, 6.45) is 3.85. The summed E-state index contributed by atoms with van der Waals surface area (Å²) in [6.45, 7) is 5.65. The first kappa shape index (κ1) is 23.9. The zero-order valence-corrected chi connectivity index (χ0v) is 19.8. The molecule has 6 nitrogen and oxygen atoms in total. The van der Waals surface area contributed by atoms with Gasteiger partial charge in [0.25, 0.3) is 0 Å². The highest BCUT2D eigenvalue weighted by molar-refractivity contribution is 5.75. The van der Waals surface area contributed by atoms with Crippen LogP contribution < -0.4 is 19.5 Å². The summed E-state index contributed by atoms with van der Waals surface area (Å²) in [5.41, 5.74) is 3.43. The standard InChI is InChI=1S/C26H36N2O4/c1-19-14-21(7-11-24(19)31-3)18-28-13-5-6-20(17-28)8-12-26(29)27-16-22-9-10-23(30-2)15-25(22)32-4/h7,9-11,14-15,20H,5-6,8,12-13,16-18H2,1-4H3,(H,27,29)/t20-/m0/s1. The number of hydrogen-bond acceptors (Lipinski definition) is 5. The van der Waals surface area contributed by atoms with Gasteiger partial charge in [0, 0.05) is 37.7 Å². The van der Waals surface area contributed by atoms with E-state index in [0.29, 0.717) is 18.9 Å². The molecule has 2 aromatic rings. The van der Waals surface area contributed by atoms with Crippen molar-refractivity contribution in [2.45, 2.75) is 45.7 Å². The Labute approximate surface area is 191 Å². The van der Waals surface area contributed by atoms with Crippen molar-refractivity contribution in [2.75, 3.05) is 34.4 Å². The molecule has 0 aliphatic carbocycles. The summed E-state index contributed by atoms with van der Waals surface area (Å²) in [6, 6.07) is 12.1. The average molecular weight is 441 g/mol. The summed E-state index contributed by atoms with van der Waals surface area (Å²) in [5.74, 6) is 3.05. The van der Waals surface area contributed by atoms with Crippen molar-refractivity contribution in [1.82, 2.24) is 10.2 Å². The molecule has 0 aromatic heterocycles. The minimum atomic E-state index is 0.0887. The monoisotopic (exact) mass is 440 g/mol. The second kappa shape index (κ2) is 11.8. The van der Waals surface area contributed by atoms with E-state index in [1.807, 2.05) is 24.3 Å². The Morgan fingerprint density at radius 2 is 1.88 bits per heavy atom. The van der Waals surface area contributed by atoms with Gasteiger partial charge in [0.15, 0.2) is 0 Å². The summed E-state index contributed by atoms with van der Waals surface area (Å²) >= 11 is 0. The maximum Gasteiger partial charge on any atom is 0.220 e. The minimum absolute atomic E-state index is 0.0887. The van der Waals surface area contributed by atoms with Crippen LogP contribution in [-0.4, -0.2) is 45.2 Å². The highest BCUT2D eigenvalue weighted by atomic mass is 16.5. The molecule has 0 bridgehead atoms. The van der Waals surface area contributed by atoms with Crippen molar-refractivity contribution in [3.63, 3.8) is 0 Å². The van der Waals surface area contributed by atoms with Crippen molar-refractivity contribution in [1.29, 1.82) is 0 Å². The van der Waals surface area contributed by atoms with Crippen LogP contribution in [0.15, 0.2) is 36.4 Å². The number of nitrogens with zero attached hydrogens (tertiary/aromatic N) is 1. The molecular formula is C26H36N2O4. The van der Waals surface area contributed by atoms with Crippen LogP contribution in [0.2, 0.25) is 0 Å². The lowest BCUT2D eigenvalue weighted by atomic mass is 9.93. The molecule has 2 aromatic carbocycles.